The summed E-state index contributed by atoms with van der Waals surface area (Å²) in [6.45, 7) is 4.44. The minimum atomic E-state index is -0.346. The second kappa shape index (κ2) is 5.65. The molecule has 5 nitrogen and oxygen atoms in total. The maximum Gasteiger partial charge on any atom is 0.273 e. The fourth-order valence-corrected chi connectivity index (χ4v) is 2.30. The lowest BCUT2D eigenvalue weighted by Crippen LogP contribution is -2.43. The van der Waals surface area contributed by atoms with E-state index in [0.717, 1.165) is 26.2 Å². The van der Waals surface area contributed by atoms with Gasteiger partial charge in [-0.05, 0) is 19.2 Å². The summed E-state index contributed by atoms with van der Waals surface area (Å²) >= 11 is 5.91. The standard InChI is InChI=1S/C12H16ClN3O2/c1-14-4-6-15(7-5-14)9-10-8-11(13)2-3-12(10)16(17)18/h2-3,8H,4-7,9H2,1H3. The first kappa shape index (κ1) is 13.3. The molecule has 0 saturated carbocycles. The second-order valence-electron chi connectivity index (χ2n) is 4.61. The molecule has 1 fully saturated rings. The molecule has 0 spiro atoms. The van der Waals surface area contributed by atoms with Crippen molar-refractivity contribution >= 4 is 17.3 Å². The molecule has 1 aromatic rings. The third kappa shape index (κ3) is 3.19. The monoisotopic (exact) mass is 269 g/mol. The van der Waals surface area contributed by atoms with E-state index in [1.807, 2.05) is 0 Å². The van der Waals surface area contributed by atoms with Crippen molar-refractivity contribution < 1.29 is 4.92 Å². The van der Waals surface area contributed by atoms with Gasteiger partial charge < -0.3 is 4.90 Å². The molecule has 0 bridgehead atoms. The lowest BCUT2D eigenvalue weighted by atomic mass is 10.1. The Labute approximate surface area is 111 Å². The van der Waals surface area contributed by atoms with Gasteiger partial charge in [0, 0.05) is 49.4 Å². The van der Waals surface area contributed by atoms with Crippen LogP contribution in [0, 0.1) is 10.1 Å². The van der Waals surface area contributed by atoms with E-state index in [1.54, 1.807) is 12.1 Å². The summed E-state index contributed by atoms with van der Waals surface area (Å²) in [5, 5.41) is 11.5. The number of hydrogen-bond donors (Lipinski definition) is 0. The van der Waals surface area contributed by atoms with Crippen molar-refractivity contribution in [2.75, 3.05) is 33.2 Å². The number of piperazine rings is 1. The predicted molar refractivity (Wildman–Crippen MR) is 70.9 cm³/mol. The van der Waals surface area contributed by atoms with Gasteiger partial charge in [-0.15, -0.1) is 0 Å². The third-order valence-electron chi connectivity index (χ3n) is 3.23. The van der Waals surface area contributed by atoms with Crippen LogP contribution in [0.4, 0.5) is 5.69 Å². The predicted octanol–water partition coefficient (Wildman–Crippen LogP) is 2.00. The molecule has 1 saturated heterocycles. The molecule has 0 aliphatic carbocycles. The van der Waals surface area contributed by atoms with Crippen molar-refractivity contribution in [2.24, 2.45) is 0 Å². The van der Waals surface area contributed by atoms with Crippen molar-refractivity contribution in [3.63, 3.8) is 0 Å². The number of nitro benzene ring substituents is 1. The Morgan fingerprint density at radius 2 is 2.00 bits per heavy atom. The highest BCUT2D eigenvalue weighted by atomic mass is 35.5. The lowest BCUT2D eigenvalue weighted by molar-refractivity contribution is -0.385. The first-order valence-corrected chi connectivity index (χ1v) is 6.28. The molecule has 0 aromatic heterocycles. The highest BCUT2D eigenvalue weighted by molar-refractivity contribution is 6.30. The fraction of sp³-hybridized carbons (Fsp3) is 0.500. The van der Waals surface area contributed by atoms with Crippen LogP contribution in [0.15, 0.2) is 18.2 Å². The number of hydrogen-bond acceptors (Lipinski definition) is 4. The molecule has 0 amide bonds. The van der Waals surface area contributed by atoms with Gasteiger partial charge in [-0.25, -0.2) is 0 Å². The number of likely N-dealkylation sites (N-methyl/N-ethyl adjacent to an activating group) is 1. The quantitative estimate of drug-likeness (QED) is 0.622. The first-order valence-electron chi connectivity index (χ1n) is 5.90. The van der Waals surface area contributed by atoms with E-state index in [2.05, 4.69) is 16.8 Å². The Morgan fingerprint density at radius 3 is 2.61 bits per heavy atom. The lowest BCUT2D eigenvalue weighted by Gasteiger charge is -2.32. The van der Waals surface area contributed by atoms with Crippen LogP contribution in [-0.2, 0) is 6.54 Å². The van der Waals surface area contributed by atoms with Crippen LogP contribution in [0.2, 0.25) is 5.02 Å². The number of nitrogens with zero attached hydrogens (tertiary/aromatic N) is 3. The van der Waals surface area contributed by atoms with Crippen LogP contribution in [0.25, 0.3) is 0 Å². The van der Waals surface area contributed by atoms with Crippen LogP contribution >= 0.6 is 11.6 Å². The van der Waals surface area contributed by atoms with Gasteiger partial charge in [-0.1, -0.05) is 11.6 Å². The number of benzene rings is 1. The van der Waals surface area contributed by atoms with Gasteiger partial charge in [-0.2, -0.15) is 0 Å². The molecule has 6 heteroatoms. The molecule has 0 unspecified atom stereocenters. The van der Waals surface area contributed by atoms with Crippen LogP contribution < -0.4 is 0 Å². The van der Waals surface area contributed by atoms with E-state index in [-0.39, 0.29) is 10.6 Å². The number of rotatable bonds is 3. The fourth-order valence-electron chi connectivity index (χ4n) is 2.11. The van der Waals surface area contributed by atoms with E-state index in [9.17, 15) is 10.1 Å². The Balaban J connectivity index is 2.12. The number of nitro groups is 1. The van der Waals surface area contributed by atoms with Gasteiger partial charge in [0.2, 0.25) is 0 Å². The van der Waals surface area contributed by atoms with Crippen molar-refractivity contribution in [1.82, 2.24) is 9.80 Å². The molecule has 1 aromatic carbocycles. The maximum atomic E-state index is 11.0. The Morgan fingerprint density at radius 1 is 1.33 bits per heavy atom. The number of halogens is 1. The summed E-state index contributed by atoms with van der Waals surface area (Å²) in [6.07, 6.45) is 0. The van der Waals surface area contributed by atoms with Crippen LogP contribution in [0.1, 0.15) is 5.56 Å². The largest absolute Gasteiger partial charge is 0.304 e. The highest BCUT2D eigenvalue weighted by Crippen LogP contribution is 2.24. The molecule has 0 N–H and O–H groups in total. The molecular weight excluding hydrogens is 254 g/mol. The van der Waals surface area contributed by atoms with Crippen molar-refractivity contribution in [1.29, 1.82) is 0 Å². The second-order valence-corrected chi connectivity index (χ2v) is 5.05. The molecule has 0 atom stereocenters. The Kier molecular flexibility index (Phi) is 4.16. The summed E-state index contributed by atoms with van der Waals surface area (Å²) in [7, 11) is 2.08. The first-order chi connectivity index (χ1) is 8.56. The van der Waals surface area contributed by atoms with E-state index in [0.29, 0.717) is 17.1 Å². The normalized spacial score (nSPS) is 17.9. The zero-order valence-electron chi connectivity index (χ0n) is 10.3. The summed E-state index contributed by atoms with van der Waals surface area (Å²) in [4.78, 5) is 15.1. The summed E-state index contributed by atoms with van der Waals surface area (Å²) in [5.41, 5.74) is 0.843. The van der Waals surface area contributed by atoms with Crippen molar-refractivity contribution in [3.8, 4) is 0 Å². The van der Waals surface area contributed by atoms with Gasteiger partial charge in [-0.3, -0.25) is 15.0 Å². The zero-order chi connectivity index (χ0) is 13.1. The Bertz CT molecular complexity index is 445. The van der Waals surface area contributed by atoms with E-state index >= 15 is 0 Å². The molecule has 1 aliphatic rings. The zero-order valence-corrected chi connectivity index (χ0v) is 11.1. The van der Waals surface area contributed by atoms with Gasteiger partial charge in [0.1, 0.15) is 0 Å². The molecule has 1 aliphatic heterocycles. The van der Waals surface area contributed by atoms with Gasteiger partial charge in [0.25, 0.3) is 5.69 Å². The van der Waals surface area contributed by atoms with Gasteiger partial charge >= 0.3 is 0 Å². The van der Waals surface area contributed by atoms with E-state index in [4.69, 9.17) is 11.6 Å². The molecule has 2 rings (SSSR count). The summed E-state index contributed by atoms with van der Waals surface area (Å²) < 4.78 is 0. The van der Waals surface area contributed by atoms with Gasteiger partial charge in [0.15, 0.2) is 0 Å². The highest BCUT2D eigenvalue weighted by Gasteiger charge is 2.19. The minimum Gasteiger partial charge on any atom is -0.304 e. The topological polar surface area (TPSA) is 49.6 Å². The third-order valence-corrected chi connectivity index (χ3v) is 3.46. The van der Waals surface area contributed by atoms with Gasteiger partial charge in [0.05, 0.1) is 4.92 Å². The smallest absolute Gasteiger partial charge is 0.273 e. The van der Waals surface area contributed by atoms with E-state index < -0.39 is 0 Å². The summed E-state index contributed by atoms with van der Waals surface area (Å²) in [6, 6.07) is 4.74. The van der Waals surface area contributed by atoms with E-state index in [1.165, 1.54) is 6.07 Å². The molecule has 0 radical (unpaired) electrons. The molecule has 18 heavy (non-hydrogen) atoms. The molecule has 1 heterocycles. The maximum absolute atomic E-state index is 11.0. The molecule has 98 valence electrons. The Hall–Kier alpha value is -1.17. The van der Waals surface area contributed by atoms with Crippen LogP contribution in [-0.4, -0.2) is 47.9 Å². The minimum absolute atomic E-state index is 0.151. The van der Waals surface area contributed by atoms with Crippen LogP contribution in [0.5, 0.6) is 0 Å². The summed E-state index contributed by atoms with van der Waals surface area (Å²) in [5.74, 6) is 0. The molecular formula is C12H16ClN3O2. The SMILES string of the molecule is CN1CCN(Cc2cc(Cl)ccc2[N+](=O)[O-])CC1. The average Bonchev–Trinajstić information content (AvgIpc) is 2.32. The van der Waals surface area contributed by atoms with Crippen LogP contribution in [0.3, 0.4) is 0 Å². The average molecular weight is 270 g/mol. The van der Waals surface area contributed by atoms with Crippen molar-refractivity contribution in [2.45, 2.75) is 6.54 Å². The van der Waals surface area contributed by atoms with Crippen molar-refractivity contribution in [3.05, 3.63) is 38.9 Å².